The van der Waals surface area contributed by atoms with Crippen molar-refractivity contribution >= 4 is 37.6 Å². The van der Waals surface area contributed by atoms with Crippen LogP contribution in [0.25, 0.3) is 0 Å². The van der Waals surface area contributed by atoms with Crippen LogP contribution in [0.15, 0.2) is 21.6 Å². The van der Waals surface area contributed by atoms with Crippen molar-refractivity contribution in [1.82, 2.24) is 14.6 Å². The number of halogens is 2. The van der Waals surface area contributed by atoms with Gasteiger partial charge in [0.25, 0.3) is 0 Å². The highest BCUT2D eigenvalue weighted by atomic mass is 79.9. The first-order valence-electron chi connectivity index (χ1n) is 6.10. The van der Waals surface area contributed by atoms with Crippen LogP contribution >= 0.6 is 27.5 Å². The lowest BCUT2D eigenvalue weighted by atomic mass is 10.4. The number of nitrogens with one attached hydrogen (secondary N) is 1. The van der Waals surface area contributed by atoms with Crippen molar-refractivity contribution in [2.75, 3.05) is 39.4 Å². The van der Waals surface area contributed by atoms with Gasteiger partial charge in [-0.15, -0.1) is 0 Å². The third kappa shape index (κ3) is 4.37. The van der Waals surface area contributed by atoms with Gasteiger partial charge in [0.2, 0.25) is 10.0 Å². The third-order valence-corrected chi connectivity index (χ3v) is 5.21. The van der Waals surface area contributed by atoms with Crippen LogP contribution in [0.3, 0.4) is 0 Å². The molecule has 9 heteroatoms. The van der Waals surface area contributed by atoms with Gasteiger partial charge < -0.3 is 4.74 Å². The Kier molecular flexibility index (Phi) is 5.76. The van der Waals surface area contributed by atoms with E-state index < -0.39 is 10.0 Å². The lowest BCUT2D eigenvalue weighted by Gasteiger charge is -2.26. The zero-order valence-electron chi connectivity index (χ0n) is 10.7. The molecule has 1 aliphatic heterocycles. The quantitative estimate of drug-likeness (QED) is 0.770. The Labute approximate surface area is 131 Å². The fraction of sp³-hybridized carbons (Fsp3) is 0.545. The van der Waals surface area contributed by atoms with Gasteiger partial charge in [0.05, 0.1) is 13.2 Å². The highest BCUT2D eigenvalue weighted by Crippen LogP contribution is 2.22. The molecular weight excluding hydrogens is 370 g/mol. The van der Waals surface area contributed by atoms with Gasteiger partial charge in [-0.25, -0.2) is 18.1 Å². The van der Waals surface area contributed by atoms with Crippen molar-refractivity contribution in [2.45, 2.75) is 4.90 Å². The zero-order chi connectivity index (χ0) is 14.6. The molecule has 0 unspecified atom stereocenters. The van der Waals surface area contributed by atoms with Crippen LogP contribution in [0.5, 0.6) is 0 Å². The summed E-state index contributed by atoms with van der Waals surface area (Å²) < 4.78 is 32.6. The summed E-state index contributed by atoms with van der Waals surface area (Å²) in [5.41, 5.74) is 0. The van der Waals surface area contributed by atoms with Crippen LogP contribution in [0, 0.1) is 0 Å². The Balaban J connectivity index is 1.95. The molecule has 112 valence electrons. The number of sulfonamides is 1. The van der Waals surface area contributed by atoms with Gasteiger partial charge in [0, 0.05) is 36.8 Å². The van der Waals surface area contributed by atoms with Crippen LogP contribution in [0.2, 0.25) is 5.15 Å². The molecule has 2 rings (SSSR count). The highest BCUT2D eigenvalue weighted by Gasteiger charge is 2.19. The van der Waals surface area contributed by atoms with Crippen molar-refractivity contribution in [2.24, 2.45) is 0 Å². The maximum atomic E-state index is 12.1. The van der Waals surface area contributed by atoms with Gasteiger partial charge in [-0.3, -0.25) is 4.90 Å². The van der Waals surface area contributed by atoms with Gasteiger partial charge >= 0.3 is 0 Å². The van der Waals surface area contributed by atoms with Crippen molar-refractivity contribution in [1.29, 1.82) is 0 Å². The zero-order valence-corrected chi connectivity index (χ0v) is 13.8. The SMILES string of the molecule is O=S(=O)(NCCN1CCOCC1)c1cc(Br)cnc1Cl. The molecule has 1 aromatic heterocycles. The van der Waals surface area contributed by atoms with Gasteiger partial charge in [-0.1, -0.05) is 11.6 Å². The maximum absolute atomic E-state index is 12.1. The molecule has 0 aliphatic carbocycles. The molecule has 0 atom stereocenters. The first-order valence-corrected chi connectivity index (χ1v) is 8.75. The fourth-order valence-electron chi connectivity index (χ4n) is 1.83. The number of pyridine rings is 1. The van der Waals surface area contributed by atoms with E-state index in [1.165, 1.54) is 12.3 Å². The summed E-state index contributed by atoms with van der Waals surface area (Å²) in [6.07, 6.45) is 1.45. The van der Waals surface area contributed by atoms with Crippen LogP contribution in [0.1, 0.15) is 0 Å². The Morgan fingerprint density at radius 1 is 1.45 bits per heavy atom. The summed E-state index contributed by atoms with van der Waals surface area (Å²) in [6.45, 7) is 3.98. The standard InChI is InChI=1S/C11H15BrClN3O3S/c12-9-7-10(11(13)14-8-9)20(17,18)15-1-2-16-3-5-19-6-4-16/h7-8,15H,1-6H2. The summed E-state index contributed by atoms with van der Waals surface area (Å²) in [5, 5.41) is -0.0351. The predicted octanol–water partition coefficient (Wildman–Crippen LogP) is 1.11. The fourth-order valence-corrected chi connectivity index (χ4v) is 3.80. The van der Waals surface area contributed by atoms with Gasteiger partial charge in [0.1, 0.15) is 10.0 Å². The largest absolute Gasteiger partial charge is 0.379 e. The molecule has 2 heterocycles. The second-order valence-electron chi connectivity index (χ2n) is 4.29. The third-order valence-electron chi connectivity index (χ3n) is 2.89. The molecule has 1 aromatic rings. The number of ether oxygens (including phenoxy) is 1. The van der Waals surface area contributed by atoms with Gasteiger partial charge in [-0.05, 0) is 22.0 Å². The summed E-state index contributed by atoms with van der Waals surface area (Å²) in [4.78, 5) is 5.94. The van der Waals surface area contributed by atoms with Crippen LogP contribution in [-0.4, -0.2) is 57.7 Å². The van der Waals surface area contributed by atoms with E-state index >= 15 is 0 Å². The Morgan fingerprint density at radius 3 is 2.85 bits per heavy atom. The van der Waals surface area contributed by atoms with Crippen molar-refractivity contribution < 1.29 is 13.2 Å². The van der Waals surface area contributed by atoms with E-state index in [1.807, 2.05) is 0 Å². The van der Waals surface area contributed by atoms with Crippen molar-refractivity contribution in [3.63, 3.8) is 0 Å². The van der Waals surface area contributed by atoms with Crippen LogP contribution in [0.4, 0.5) is 0 Å². The van der Waals surface area contributed by atoms with Crippen LogP contribution < -0.4 is 4.72 Å². The van der Waals surface area contributed by atoms with Gasteiger partial charge in [-0.2, -0.15) is 0 Å². The van der Waals surface area contributed by atoms with E-state index in [9.17, 15) is 8.42 Å². The summed E-state index contributed by atoms with van der Waals surface area (Å²) in [6, 6.07) is 1.44. The normalized spacial score (nSPS) is 17.3. The van der Waals surface area contributed by atoms with E-state index in [1.54, 1.807) is 0 Å². The molecule has 1 aliphatic rings. The average Bonchev–Trinajstić information content (AvgIpc) is 2.42. The lowest BCUT2D eigenvalue weighted by molar-refractivity contribution is 0.0390. The van der Waals surface area contributed by atoms with E-state index in [0.717, 1.165) is 13.1 Å². The molecule has 20 heavy (non-hydrogen) atoms. The second kappa shape index (κ2) is 7.15. The molecule has 0 spiro atoms. The molecule has 0 bridgehead atoms. The van der Waals surface area contributed by atoms with Crippen LogP contribution in [-0.2, 0) is 14.8 Å². The summed E-state index contributed by atoms with van der Waals surface area (Å²) in [7, 11) is -3.65. The molecular formula is C11H15BrClN3O3S. The molecule has 0 amide bonds. The first kappa shape index (κ1) is 16.1. The van der Waals surface area contributed by atoms with Crippen molar-refractivity contribution in [3.8, 4) is 0 Å². The number of aromatic nitrogens is 1. The topological polar surface area (TPSA) is 71.5 Å². The number of nitrogens with zero attached hydrogens (tertiary/aromatic N) is 2. The molecule has 0 radical (unpaired) electrons. The molecule has 6 nitrogen and oxygen atoms in total. The summed E-state index contributed by atoms with van der Waals surface area (Å²) in [5.74, 6) is 0. The van der Waals surface area contributed by atoms with E-state index in [-0.39, 0.29) is 10.0 Å². The monoisotopic (exact) mass is 383 g/mol. The summed E-state index contributed by atoms with van der Waals surface area (Å²) >= 11 is 9.01. The lowest BCUT2D eigenvalue weighted by Crippen LogP contribution is -2.41. The smallest absolute Gasteiger partial charge is 0.243 e. The number of hydrogen-bond donors (Lipinski definition) is 1. The Hall–Kier alpha value is -0.250. The Morgan fingerprint density at radius 2 is 2.15 bits per heavy atom. The Bertz CT molecular complexity index is 564. The maximum Gasteiger partial charge on any atom is 0.243 e. The molecule has 1 N–H and O–H groups in total. The van der Waals surface area contributed by atoms with Crippen molar-refractivity contribution in [3.05, 3.63) is 21.9 Å². The molecule has 0 aromatic carbocycles. The minimum Gasteiger partial charge on any atom is -0.379 e. The second-order valence-corrected chi connectivity index (χ2v) is 7.30. The van der Waals surface area contributed by atoms with Gasteiger partial charge in [0.15, 0.2) is 0 Å². The van der Waals surface area contributed by atoms with E-state index in [0.29, 0.717) is 30.8 Å². The van der Waals surface area contributed by atoms with E-state index in [4.69, 9.17) is 16.3 Å². The predicted molar refractivity (Wildman–Crippen MR) is 79.4 cm³/mol. The van der Waals surface area contributed by atoms with E-state index in [2.05, 4.69) is 30.5 Å². The molecule has 0 saturated carbocycles. The highest BCUT2D eigenvalue weighted by molar-refractivity contribution is 9.10. The molecule has 1 fully saturated rings. The minimum absolute atomic E-state index is 0.0180. The number of morpholine rings is 1. The number of hydrogen-bond acceptors (Lipinski definition) is 5. The average molecular weight is 385 g/mol. The minimum atomic E-state index is -3.65. The number of rotatable bonds is 5. The first-order chi connectivity index (χ1) is 9.49. The molecule has 1 saturated heterocycles.